The Morgan fingerprint density at radius 1 is 0.846 bits per heavy atom. The van der Waals surface area contributed by atoms with Gasteiger partial charge >= 0.3 is 0 Å². The molecule has 410 valence electrons. The Morgan fingerprint density at radius 3 is 2.23 bits per heavy atom. The van der Waals surface area contributed by atoms with Gasteiger partial charge in [0, 0.05) is 70.9 Å². The Bertz CT molecular complexity index is 3500. The molecule has 1 fully saturated rings. The Kier molecular flexibility index (Phi) is 18.8. The van der Waals surface area contributed by atoms with Crippen molar-refractivity contribution in [3.8, 4) is 16.9 Å². The Morgan fingerprint density at radius 2 is 1.54 bits per heavy atom. The molecule has 0 unspecified atom stereocenters. The lowest BCUT2D eigenvalue weighted by atomic mass is 9.92. The molecular formula is C56H59ClF2N8O10S. The molecule has 18 nitrogen and oxygen atoms in total. The second-order valence-corrected chi connectivity index (χ2v) is 20.9. The first kappa shape index (κ1) is 56.8. The van der Waals surface area contributed by atoms with Gasteiger partial charge < -0.3 is 39.9 Å². The van der Waals surface area contributed by atoms with Crippen LogP contribution in [-0.4, -0.2) is 97.9 Å². The molecule has 5 N–H and O–H groups in total. The SMILES string of the molecule is Cc1cc(S(=O)(=O)NCCOCCOCCOCCOc2ccc(C(=O)c3c(-c4c(F)ccc(F)c4C)c(C(=O)N[C@@H](CC(N)=O)c4cccc(Cl)c4)cn3C)cc2)ccc1Nc1ncc2ccc(=O)n(C3CCCC3)c2n1. The molecule has 0 radical (unpaired) electrons. The number of ether oxygens (including phenoxy) is 4. The molecule has 0 bridgehead atoms. The van der Waals surface area contributed by atoms with Crippen LogP contribution in [0.4, 0.5) is 20.4 Å². The van der Waals surface area contributed by atoms with Crippen molar-refractivity contribution < 1.29 is 50.5 Å². The van der Waals surface area contributed by atoms with Crippen LogP contribution >= 0.6 is 11.6 Å². The number of hydrogen-bond donors (Lipinski definition) is 4. The van der Waals surface area contributed by atoms with Crippen LogP contribution < -0.4 is 31.4 Å². The predicted octanol–water partition coefficient (Wildman–Crippen LogP) is 8.19. The normalized spacial score (nSPS) is 13.2. The summed E-state index contributed by atoms with van der Waals surface area (Å²) in [4.78, 5) is 62.4. The van der Waals surface area contributed by atoms with Gasteiger partial charge in [0.25, 0.3) is 11.5 Å². The maximum atomic E-state index is 15.7. The molecule has 8 rings (SSSR count). The van der Waals surface area contributed by atoms with E-state index in [4.69, 9.17) is 36.3 Å². The van der Waals surface area contributed by atoms with Crippen LogP contribution in [0.25, 0.3) is 22.2 Å². The zero-order chi connectivity index (χ0) is 55.5. The quantitative estimate of drug-likeness (QED) is 0.0296. The molecule has 0 spiro atoms. The topological polar surface area (TPSA) is 237 Å². The molecule has 1 saturated carbocycles. The summed E-state index contributed by atoms with van der Waals surface area (Å²) >= 11 is 6.20. The fourth-order valence-electron chi connectivity index (χ4n) is 9.31. The number of rotatable bonds is 26. The van der Waals surface area contributed by atoms with Gasteiger partial charge in [0.1, 0.15) is 29.6 Å². The molecule has 3 heterocycles. The maximum absolute atomic E-state index is 15.7. The van der Waals surface area contributed by atoms with Crippen LogP contribution in [0.2, 0.25) is 5.02 Å². The van der Waals surface area contributed by atoms with Crippen LogP contribution in [0.1, 0.15) is 87.3 Å². The van der Waals surface area contributed by atoms with Gasteiger partial charge in [-0.25, -0.2) is 26.9 Å². The Labute approximate surface area is 454 Å². The Balaban J connectivity index is 0.753. The number of nitrogens with one attached hydrogen (secondary N) is 3. The first-order valence-electron chi connectivity index (χ1n) is 25.2. The molecule has 78 heavy (non-hydrogen) atoms. The first-order valence-corrected chi connectivity index (χ1v) is 27.1. The molecule has 1 aliphatic rings. The van der Waals surface area contributed by atoms with E-state index in [9.17, 15) is 27.6 Å². The summed E-state index contributed by atoms with van der Waals surface area (Å²) in [5.41, 5.74) is 7.15. The second-order valence-electron chi connectivity index (χ2n) is 18.6. The van der Waals surface area contributed by atoms with E-state index in [1.807, 2.05) is 0 Å². The van der Waals surface area contributed by atoms with Crippen molar-refractivity contribution in [1.82, 2.24) is 29.1 Å². The number of sulfonamides is 1. The minimum Gasteiger partial charge on any atom is -0.491 e. The summed E-state index contributed by atoms with van der Waals surface area (Å²) in [6.45, 7) is 4.68. The summed E-state index contributed by atoms with van der Waals surface area (Å²) in [6, 6.07) is 21.6. The summed E-state index contributed by atoms with van der Waals surface area (Å²) < 4.78 is 85.2. The van der Waals surface area contributed by atoms with Crippen LogP contribution in [0.3, 0.4) is 0 Å². The zero-order valence-electron chi connectivity index (χ0n) is 43.2. The highest BCUT2D eigenvalue weighted by Crippen LogP contribution is 2.37. The van der Waals surface area contributed by atoms with E-state index in [0.29, 0.717) is 39.2 Å². The van der Waals surface area contributed by atoms with Gasteiger partial charge in [0.2, 0.25) is 27.7 Å². The number of nitrogens with zero attached hydrogens (tertiary/aromatic N) is 4. The lowest BCUT2D eigenvalue weighted by molar-refractivity contribution is -0.118. The molecule has 22 heteroatoms. The number of pyridine rings is 1. The average molecular weight is 1110 g/mol. The summed E-state index contributed by atoms with van der Waals surface area (Å²) in [6.07, 6.45) is 6.70. The summed E-state index contributed by atoms with van der Waals surface area (Å²) in [5, 5.41) is 7.05. The van der Waals surface area contributed by atoms with Gasteiger partial charge in [-0.3, -0.25) is 23.7 Å². The maximum Gasteiger partial charge on any atom is 0.253 e. The minimum absolute atomic E-state index is 0.0400. The van der Waals surface area contributed by atoms with Crippen molar-refractivity contribution in [2.24, 2.45) is 12.8 Å². The van der Waals surface area contributed by atoms with E-state index in [-0.39, 0.29) is 109 Å². The van der Waals surface area contributed by atoms with E-state index in [0.717, 1.165) is 43.2 Å². The van der Waals surface area contributed by atoms with Crippen molar-refractivity contribution in [3.63, 3.8) is 0 Å². The number of aryl methyl sites for hydroxylation is 2. The second kappa shape index (κ2) is 25.8. The van der Waals surface area contributed by atoms with E-state index in [1.54, 1.807) is 78.4 Å². The van der Waals surface area contributed by atoms with Crippen LogP contribution in [0, 0.1) is 25.5 Å². The Hall–Kier alpha value is -7.40. The van der Waals surface area contributed by atoms with E-state index in [1.165, 1.54) is 42.9 Å². The lowest BCUT2D eigenvalue weighted by Gasteiger charge is -2.19. The fourth-order valence-corrected chi connectivity index (χ4v) is 10.6. The number of nitrogens with two attached hydrogens (primary N) is 1. The van der Waals surface area contributed by atoms with Gasteiger partial charge in [-0.05, 0) is 116 Å². The lowest BCUT2D eigenvalue weighted by Crippen LogP contribution is -2.32. The zero-order valence-corrected chi connectivity index (χ0v) is 44.7. The number of amides is 2. The third kappa shape index (κ3) is 13.8. The molecule has 3 aromatic heterocycles. The monoisotopic (exact) mass is 1110 g/mol. The van der Waals surface area contributed by atoms with Gasteiger partial charge in [0.05, 0.1) is 68.3 Å². The summed E-state index contributed by atoms with van der Waals surface area (Å²) in [5.74, 6) is -2.96. The number of aromatic nitrogens is 4. The highest BCUT2D eigenvalue weighted by molar-refractivity contribution is 7.89. The van der Waals surface area contributed by atoms with Crippen LogP contribution in [0.15, 0.2) is 113 Å². The third-order valence-electron chi connectivity index (χ3n) is 13.2. The van der Waals surface area contributed by atoms with Gasteiger partial charge in [-0.1, -0.05) is 36.6 Å². The molecule has 2 amide bonds. The first-order chi connectivity index (χ1) is 37.5. The van der Waals surface area contributed by atoms with Gasteiger partial charge in [-0.15, -0.1) is 0 Å². The number of primary amides is 1. The van der Waals surface area contributed by atoms with Crippen molar-refractivity contribution in [1.29, 1.82) is 0 Å². The van der Waals surface area contributed by atoms with Crippen LogP contribution in [0.5, 0.6) is 5.75 Å². The summed E-state index contributed by atoms with van der Waals surface area (Å²) in [7, 11) is -2.33. The van der Waals surface area contributed by atoms with Crippen LogP contribution in [-0.2, 0) is 36.1 Å². The van der Waals surface area contributed by atoms with E-state index >= 15 is 8.78 Å². The molecule has 1 atom stereocenters. The van der Waals surface area contributed by atoms with Gasteiger partial charge in [-0.2, -0.15) is 4.98 Å². The van der Waals surface area contributed by atoms with E-state index in [2.05, 4.69) is 25.3 Å². The fraction of sp³-hybridized carbons (Fsp3) is 0.321. The highest BCUT2D eigenvalue weighted by Gasteiger charge is 2.31. The van der Waals surface area contributed by atoms with Crippen molar-refractivity contribution in [2.45, 2.75) is 62.9 Å². The molecule has 1 aliphatic carbocycles. The van der Waals surface area contributed by atoms with Crippen molar-refractivity contribution in [2.75, 3.05) is 58.1 Å². The largest absolute Gasteiger partial charge is 0.491 e. The number of carbonyl (C=O) groups excluding carboxylic acids is 3. The standard InChI is InChI=1S/C56H59ClF2N8O10S/c1-34-29-42(16-19-46(34)64-56-61-32-38-13-20-49(69)67(54(38)65-56)40-9-4-5-10-40)78(72,73)62-21-22-74-23-24-75-25-26-76-27-28-77-41-14-11-36(12-15-41)53(70)52-51(50-35(2)44(58)17-18-45(50)59)43(33-66(52)3)55(71)63-47(31-48(60)68)37-7-6-8-39(57)30-37/h6-8,11-20,29-30,32-33,40,47,62H,4-5,9-10,21-28,31H2,1-3H3,(H2,60,68)(H,63,71)(H,61,64,65)/t47-/m0/s1. The number of fused-ring (bicyclic) bond motifs is 1. The number of benzene rings is 4. The molecule has 4 aromatic carbocycles. The number of ketones is 1. The minimum atomic E-state index is -3.84. The van der Waals surface area contributed by atoms with Crippen molar-refractivity contribution >= 4 is 61.9 Å². The highest BCUT2D eigenvalue weighted by atomic mass is 35.5. The number of hydrogen-bond acceptors (Lipinski definition) is 13. The van der Waals surface area contributed by atoms with Crippen molar-refractivity contribution in [3.05, 3.63) is 164 Å². The number of anilines is 2. The third-order valence-corrected chi connectivity index (χ3v) is 14.9. The number of carbonyl (C=O) groups is 3. The van der Waals surface area contributed by atoms with Gasteiger partial charge in [0.15, 0.2) is 0 Å². The average Bonchev–Trinajstić information content (AvgIpc) is 4.21. The number of halogens is 3. The molecule has 0 aliphatic heterocycles. The molecule has 0 saturated heterocycles. The molecular weight excluding hydrogens is 1050 g/mol. The molecule has 7 aromatic rings. The van der Waals surface area contributed by atoms with E-state index < -0.39 is 45.3 Å². The smallest absolute Gasteiger partial charge is 0.253 e. The predicted molar refractivity (Wildman–Crippen MR) is 290 cm³/mol.